The molecule has 6 nitrogen and oxygen atoms in total. The zero-order valence-electron chi connectivity index (χ0n) is 19.4. The number of hydrogen-bond donors (Lipinski definition) is 1. The summed E-state index contributed by atoms with van der Waals surface area (Å²) in [5.41, 5.74) is 3.08. The van der Waals surface area contributed by atoms with Gasteiger partial charge in [0.2, 0.25) is 11.8 Å². The molecule has 0 radical (unpaired) electrons. The number of rotatable bonds is 9. The molecule has 172 valence electrons. The van der Waals surface area contributed by atoms with Crippen molar-refractivity contribution in [1.82, 2.24) is 9.80 Å². The Bertz CT molecular complexity index is 879. The number of nitrogens with one attached hydrogen (secondary N) is 1. The average Bonchev–Trinajstić information content (AvgIpc) is 2.83. The van der Waals surface area contributed by atoms with E-state index in [1.807, 2.05) is 49.4 Å². The normalized spacial score (nSPS) is 15.8. The molecule has 3 rings (SSSR count). The molecule has 1 heterocycles. The fraction of sp³-hybridized carbons (Fsp3) is 0.462. The lowest BCUT2D eigenvalue weighted by atomic mass is 10.1. The summed E-state index contributed by atoms with van der Waals surface area (Å²) in [5, 5.41) is 2.94. The topological polar surface area (TPSA) is 61.9 Å². The summed E-state index contributed by atoms with van der Waals surface area (Å²) < 4.78 is 6.06. The van der Waals surface area contributed by atoms with E-state index in [2.05, 4.69) is 29.3 Å². The minimum atomic E-state index is -0.259. The van der Waals surface area contributed by atoms with Gasteiger partial charge in [-0.1, -0.05) is 55.5 Å². The van der Waals surface area contributed by atoms with Gasteiger partial charge in [0.1, 0.15) is 0 Å². The van der Waals surface area contributed by atoms with Gasteiger partial charge in [0, 0.05) is 25.8 Å². The van der Waals surface area contributed by atoms with Gasteiger partial charge in [-0.05, 0) is 43.4 Å². The highest BCUT2D eigenvalue weighted by Crippen LogP contribution is 2.19. The zero-order valence-corrected chi connectivity index (χ0v) is 19.4. The Labute approximate surface area is 191 Å². The van der Waals surface area contributed by atoms with Crippen molar-refractivity contribution in [3.8, 4) is 0 Å². The summed E-state index contributed by atoms with van der Waals surface area (Å²) in [6, 6.07) is 17.7. The third kappa shape index (κ3) is 6.65. The van der Waals surface area contributed by atoms with E-state index in [0.29, 0.717) is 6.61 Å². The first kappa shape index (κ1) is 24.0. The maximum Gasteiger partial charge on any atom is 0.243 e. The molecule has 0 aromatic heterocycles. The molecule has 0 saturated carbocycles. The fourth-order valence-electron chi connectivity index (χ4n) is 4.13. The van der Waals surface area contributed by atoms with Crippen molar-refractivity contribution < 1.29 is 14.3 Å². The number of ether oxygens (including phenoxy) is 1. The molecule has 1 N–H and O–H groups in total. The first-order valence-corrected chi connectivity index (χ1v) is 11.5. The predicted octanol–water partition coefficient (Wildman–Crippen LogP) is 3.72. The van der Waals surface area contributed by atoms with Crippen LogP contribution in [0.25, 0.3) is 0 Å². The molecule has 6 heteroatoms. The minimum Gasteiger partial charge on any atom is -0.373 e. The number of carbonyl (C=O) groups excluding carboxylic acids is 2. The lowest BCUT2D eigenvalue weighted by molar-refractivity contribution is -0.138. The van der Waals surface area contributed by atoms with Crippen LogP contribution in [-0.2, 0) is 27.4 Å². The van der Waals surface area contributed by atoms with Crippen molar-refractivity contribution in [3.63, 3.8) is 0 Å². The monoisotopic (exact) mass is 437 g/mol. The number of nitrogens with zero attached hydrogens (tertiary/aromatic N) is 2. The van der Waals surface area contributed by atoms with Crippen molar-refractivity contribution in [1.29, 1.82) is 0 Å². The van der Waals surface area contributed by atoms with Crippen molar-refractivity contribution >= 4 is 17.5 Å². The van der Waals surface area contributed by atoms with Gasteiger partial charge in [-0.15, -0.1) is 0 Å². The molecule has 0 aliphatic carbocycles. The van der Waals surface area contributed by atoms with Crippen molar-refractivity contribution in [2.45, 2.75) is 51.9 Å². The number of aryl methyl sites for hydroxylation is 1. The van der Waals surface area contributed by atoms with Gasteiger partial charge >= 0.3 is 0 Å². The summed E-state index contributed by atoms with van der Waals surface area (Å²) in [4.78, 5) is 29.1. The molecule has 1 aliphatic rings. The largest absolute Gasteiger partial charge is 0.373 e. The number of para-hydroxylation sites is 1. The molecular weight excluding hydrogens is 402 g/mol. The van der Waals surface area contributed by atoms with Crippen LogP contribution in [0.3, 0.4) is 0 Å². The summed E-state index contributed by atoms with van der Waals surface area (Å²) in [5.74, 6) is -0.213. The second kappa shape index (κ2) is 11.8. The molecule has 1 fully saturated rings. The number of amides is 2. The Morgan fingerprint density at radius 2 is 1.75 bits per heavy atom. The van der Waals surface area contributed by atoms with Crippen molar-refractivity contribution in [2.24, 2.45) is 0 Å². The Kier molecular flexibility index (Phi) is 8.82. The molecule has 1 aliphatic heterocycles. The highest BCUT2D eigenvalue weighted by atomic mass is 16.5. The Morgan fingerprint density at radius 1 is 1.09 bits per heavy atom. The van der Waals surface area contributed by atoms with Crippen LogP contribution in [0.4, 0.5) is 5.69 Å². The van der Waals surface area contributed by atoms with Gasteiger partial charge in [0.05, 0.1) is 25.3 Å². The number of likely N-dealkylation sites (N-methyl/N-ethyl adjacent to an activating group) is 1. The summed E-state index contributed by atoms with van der Waals surface area (Å²) >= 11 is 0. The molecule has 2 aromatic rings. The molecule has 32 heavy (non-hydrogen) atoms. The van der Waals surface area contributed by atoms with Gasteiger partial charge in [-0.2, -0.15) is 0 Å². The smallest absolute Gasteiger partial charge is 0.243 e. The van der Waals surface area contributed by atoms with Crippen LogP contribution in [0.1, 0.15) is 37.8 Å². The Balaban J connectivity index is 1.43. The number of carbonyl (C=O) groups is 2. The maximum absolute atomic E-state index is 12.9. The van der Waals surface area contributed by atoms with Crippen LogP contribution in [0.2, 0.25) is 0 Å². The zero-order chi connectivity index (χ0) is 22.9. The predicted molar refractivity (Wildman–Crippen MR) is 127 cm³/mol. The number of hydrogen-bond acceptors (Lipinski definition) is 4. The molecule has 0 bridgehead atoms. The Hall–Kier alpha value is -2.70. The molecule has 1 saturated heterocycles. The Morgan fingerprint density at radius 3 is 2.44 bits per heavy atom. The van der Waals surface area contributed by atoms with Gasteiger partial charge in [0.15, 0.2) is 0 Å². The van der Waals surface area contributed by atoms with E-state index < -0.39 is 0 Å². The summed E-state index contributed by atoms with van der Waals surface area (Å²) in [7, 11) is 1.69. The molecule has 2 aromatic carbocycles. The first-order valence-electron chi connectivity index (χ1n) is 11.5. The van der Waals surface area contributed by atoms with E-state index in [-0.39, 0.29) is 30.5 Å². The summed E-state index contributed by atoms with van der Waals surface area (Å²) in [6.07, 6.45) is 2.87. The van der Waals surface area contributed by atoms with Crippen molar-refractivity contribution in [3.05, 3.63) is 65.7 Å². The first-order chi connectivity index (χ1) is 15.5. The highest BCUT2D eigenvalue weighted by molar-refractivity contribution is 5.95. The standard InChI is InChI=1S/C26H35N3O3/c1-4-22-12-8-9-13-24(22)27-25(30)18-28(3)26(31)20(2)29-16-14-23(15-17-29)32-19-21-10-6-5-7-11-21/h5-13,20,23H,4,14-19H2,1-3H3,(H,27,30). The number of likely N-dealkylation sites (tertiary alicyclic amines) is 1. The molecule has 1 atom stereocenters. The van der Waals surface area contributed by atoms with E-state index in [1.54, 1.807) is 7.05 Å². The molecule has 2 amide bonds. The van der Waals surface area contributed by atoms with Crippen LogP contribution in [0, 0.1) is 0 Å². The molecular formula is C26H35N3O3. The van der Waals surface area contributed by atoms with E-state index in [0.717, 1.165) is 43.6 Å². The van der Waals surface area contributed by atoms with Gasteiger partial charge in [-0.25, -0.2) is 0 Å². The molecule has 0 spiro atoms. The quantitative estimate of drug-likeness (QED) is 0.650. The van der Waals surface area contributed by atoms with Gasteiger partial charge in [0.25, 0.3) is 0 Å². The highest BCUT2D eigenvalue weighted by Gasteiger charge is 2.29. The summed E-state index contributed by atoms with van der Waals surface area (Å²) in [6.45, 7) is 6.27. The van der Waals surface area contributed by atoms with Gasteiger partial charge in [-0.3, -0.25) is 14.5 Å². The SMILES string of the molecule is CCc1ccccc1NC(=O)CN(C)C(=O)C(C)N1CCC(OCc2ccccc2)CC1. The van der Waals surface area contributed by atoms with Crippen LogP contribution in [0.15, 0.2) is 54.6 Å². The van der Waals surface area contributed by atoms with E-state index in [1.165, 1.54) is 10.5 Å². The maximum atomic E-state index is 12.9. The average molecular weight is 438 g/mol. The van der Waals surface area contributed by atoms with E-state index >= 15 is 0 Å². The second-order valence-corrected chi connectivity index (χ2v) is 8.46. The van der Waals surface area contributed by atoms with Crippen LogP contribution >= 0.6 is 0 Å². The third-order valence-electron chi connectivity index (χ3n) is 6.14. The fourth-order valence-corrected chi connectivity index (χ4v) is 4.13. The number of anilines is 1. The van der Waals surface area contributed by atoms with Gasteiger partial charge < -0.3 is 15.0 Å². The van der Waals surface area contributed by atoms with Crippen LogP contribution in [-0.4, -0.2) is 60.4 Å². The van der Waals surface area contributed by atoms with Crippen LogP contribution in [0.5, 0.6) is 0 Å². The number of benzene rings is 2. The van der Waals surface area contributed by atoms with Crippen molar-refractivity contribution in [2.75, 3.05) is 32.0 Å². The lowest BCUT2D eigenvalue weighted by Crippen LogP contribution is -2.50. The molecule has 1 unspecified atom stereocenters. The van der Waals surface area contributed by atoms with E-state index in [4.69, 9.17) is 4.74 Å². The second-order valence-electron chi connectivity index (χ2n) is 8.46. The van der Waals surface area contributed by atoms with E-state index in [9.17, 15) is 9.59 Å². The lowest BCUT2D eigenvalue weighted by Gasteiger charge is -2.36. The van der Waals surface area contributed by atoms with Crippen LogP contribution < -0.4 is 5.32 Å². The number of piperidine rings is 1. The third-order valence-corrected chi connectivity index (χ3v) is 6.14. The minimum absolute atomic E-state index is 0.0346.